The molecule has 1 amide bonds. The third-order valence-corrected chi connectivity index (χ3v) is 5.24. The van der Waals surface area contributed by atoms with Crippen LogP contribution in [0.2, 0.25) is 0 Å². The van der Waals surface area contributed by atoms with Gasteiger partial charge in [0.15, 0.2) is 0 Å². The molecule has 3 nitrogen and oxygen atoms in total. The second-order valence-corrected chi connectivity index (χ2v) is 6.58. The van der Waals surface area contributed by atoms with Crippen LogP contribution in [0.25, 0.3) is 0 Å². The van der Waals surface area contributed by atoms with Crippen molar-refractivity contribution in [3.8, 4) is 0 Å². The topological polar surface area (TPSA) is 32.3 Å². The summed E-state index contributed by atoms with van der Waals surface area (Å²) in [6.07, 6.45) is 2.99. The molecule has 118 valence electrons. The number of rotatable bonds is 3. The number of carbonyl (C=O) groups excluding carboxylic acids is 1. The summed E-state index contributed by atoms with van der Waals surface area (Å²) in [5, 5.41) is 3.48. The molecule has 23 heavy (non-hydrogen) atoms. The van der Waals surface area contributed by atoms with Crippen molar-refractivity contribution >= 4 is 5.91 Å². The number of hydrogen-bond donors (Lipinski definition) is 1. The molecule has 0 saturated carbocycles. The third kappa shape index (κ3) is 2.45. The molecule has 2 saturated heterocycles. The minimum atomic E-state index is -0.304. The van der Waals surface area contributed by atoms with Gasteiger partial charge in [0.25, 0.3) is 0 Å². The summed E-state index contributed by atoms with van der Waals surface area (Å²) >= 11 is 0. The third-order valence-electron chi connectivity index (χ3n) is 5.24. The molecule has 1 spiro atoms. The summed E-state index contributed by atoms with van der Waals surface area (Å²) in [6, 6.07) is 20.8. The number of carbonyl (C=O) groups is 1. The Bertz CT molecular complexity index is 638. The van der Waals surface area contributed by atoms with Crippen LogP contribution in [0.5, 0.6) is 0 Å². The van der Waals surface area contributed by atoms with Crippen LogP contribution < -0.4 is 5.32 Å². The van der Waals surface area contributed by atoms with Crippen LogP contribution in [-0.4, -0.2) is 29.4 Å². The van der Waals surface area contributed by atoms with Crippen molar-refractivity contribution in [3.63, 3.8) is 0 Å². The van der Waals surface area contributed by atoms with Gasteiger partial charge in [-0.2, -0.15) is 0 Å². The molecule has 2 heterocycles. The lowest BCUT2D eigenvalue weighted by Crippen LogP contribution is -2.48. The van der Waals surface area contributed by atoms with Crippen molar-refractivity contribution in [2.75, 3.05) is 13.1 Å². The first-order chi connectivity index (χ1) is 11.3. The first-order valence-electron chi connectivity index (χ1n) is 8.46. The SMILES string of the molecule is O=C1N(C(c2ccccc2)c2ccccc2)CC[C@@]12CCCN2. The molecule has 4 rings (SSSR count). The number of benzene rings is 2. The van der Waals surface area contributed by atoms with Gasteiger partial charge >= 0.3 is 0 Å². The maximum atomic E-state index is 13.2. The van der Waals surface area contributed by atoms with Gasteiger partial charge in [-0.1, -0.05) is 60.7 Å². The van der Waals surface area contributed by atoms with E-state index in [4.69, 9.17) is 0 Å². The smallest absolute Gasteiger partial charge is 0.243 e. The second-order valence-electron chi connectivity index (χ2n) is 6.58. The summed E-state index contributed by atoms with van der Waals surface area (Å²) in [6.45, 7) is 1.78. The van der Waals surface area contributed by atoms with Gasteiger partial charge in [-0.05, 0) is 36.9 Å². The predicted octanol–water partition coefficient (Wildman–Crippen LogP) is 3.13. The molecule has 1 atom stereocenters. The molecule has 2 aromatic carbocycles. The molecule has 1 N–H and O–H groups in total. The number of nitrogens with one attached hydrogen (secondary N) is 1. The van der Waals surface area contributed by atoms with E-state index in [0.29, 0.717) is 0 Å². The second kappa shape index (κ2) is 5.82. The van der Waals surface area contributed by atoms with Crippen LogP contribution in [0, 0.1) is 0 Å². The van der Waals surface area contributed by atoms with Gasteiger partial charge in [0.2, 0.25) is 5.91 Å². The maximum absolute atomic E-state index is 13.2. The Hall–Kier alpha value is -2.13. The molecular weight excluding hydrogens is 284 g/mol. The number of amides is 1. The van der Waals surface area contributed by atoms with E-state index in [-0.39, 0.29) is 17.5 Å². The van der Waals surface area contributed by atoms with E-state index in [2.05, 4.69) is 58.7 Å². The summed E-state index contributed by atoms with van der Waals surface area (Å²) in [4.78, 5) is 15.3. The highest BCUT2D eigenvalue weighted by atomic mass is 16.2. The van der Waals surface area contributed by atoms with E-state index in [1.165, 1.54) is 11.1 Å². The van der Waals surface area contributed by atoms with Crippen molar-refractivity contribution in [3.05, 3.63) is 71.8 Å². The standard InChI is InChI=1S/C20H22N2O/c23-19-20(12-7-14-21-20)13-15-22(19)18(16-8-3-1-4-9-16)17-10-5-2-6-11-17/h1-6,8-11,18,21H,7,12-15H2/t20-/m0/s1. The van der Waals surface area contributed by atoms with Gasteiger partial charge in [-0.15, -0.1) is 0 Å². The minimum Gasteiger partial charge on any atom is -0.330 e. The summed E-state index contributed by atoms with van der Waals surface area (Å²) in [5.74, 6) is 0.271. The van der Waals surface area contributed by atoms with E-state index < -0.39 is 0 Å². The molecule has 0 bridgehead atoms. The van der Waals surface area contributed by atoms with Gasteiger partial charge < -0.3 is 10.2 Å². The number of nitrogens with zero attached hydrogens (tertiary/aromatic N) is 1. The first kappa shape index (κ1) is 14.5. The van der Waals surface area contributed by atoms with Crippen molar-refractivity contribution in [1.82, 2.24) is 10.2 Å². The zero-order valence-corrected chi connectivity index (χ0v) is 13.2. The monoisotopic (exact) mass is 306 g/mol. The van der Waals surface area contributed by atoms with Gasteiger partial charge in [0.1, 0.15) is 0 Å². The molecule has 2 fully saturated rings. The van der Waals surface area contributed by atoms with Crippen LogP contribution in [0.4, 0.5) is 0 Å². The normalized spacial score (nSPS) is 24.0. The fourth-order valence-corrected chi connectivity index (χ4v) is 4.07. The lowest BCUT2D eigenvalue weighted by Gasteiger charge is -2.31. The Morgan fingerprint density at radius 1 is 0.913 bits per heavy atom. The van der Waals surface area contributed by atoms with Crippen LogP contribution in [0.1, 0.15) is 36.4 Å². The van der Waals surface area contributed by atoms with Gasteiger partial charge in [0.05, 0.1) is 11.6 Å². The Morgan fingerprint density at radius 3 is 2.04 bits per heavy atom. The highest BCUT2D eigenvalue weighted by Gasteiger charge is 2.50. The van der Waals surface area contributed by atoms with E-state index in [1.54, 1.807) is 0 Å². The first-order valence-corrected chi connectivity index (χ1v) is 8.46. The van der Waals surface area contributed by atoms with E-state index >= 15 is 0 Å². The van der Waals surface area contributed by atoms with Crippen molar-refractivity contribution in [2.24, 2.45) is 0 Å². The zero-order valence-electron chi connectivity index (χ0n) is 13.2. The lowest BCUT2D eigenvalue weighted by atomic mass is 9.94. The van der Waals surface area contributed by atoms with Crippen molar-refractivity contribution in [2.45, 2.75) is 30.8 Å². The highest BCUT2D eigenvalue weighted by Crippen LogP contribution is 2.38. The molecule has 2 aliphatic rings. The summed E-state index contributed by atoms with van der Waals surface area (Å²) < 4.78 is 0. The molecule has 0 radical (unpaired) electrons. The Balaban J connectivity index is 1.73. The van der Waals surface area contributed by atoms with E-state index in [0.717, 1.165) is 32.4 Å². The van der Waals surface area contributed by atoms with Crippen LogP contribution in [-0.2, 0) is 4.79 Å². The minimum absolute atomic E-state index is 0.00618. The number of likely N-dealkylation sites (tertiary alicyclic amines) is 1. The van der Waals surface area contributed by atoms with Crippen molar-refractivity contribution in [1.29, 1.82) is 0 Å². The van der Waals surface area contributed by atoms with Crippen molar-refractivity contribution < 1.29 is 4.79 Å². The largest absolute Gasteiger partial charge is 0.330 e. The number of hydrogen-bond acceptors (Lipinski definition) is 2. The van der Waals surface area contributed by atoms with Gasteiger partial charge in [-0.3, -0.25) is 4.79 Å². The highest BCUT2D eigenvalue weighted by molar-refractivity contribution is 5.89. The quantitative estimate of drug-likeness (QED) is 0.945. The Labute approximate surface area is 137 Å². The van der Waals surface area contributed by atoms with E-state index in [9.17, 15) is 4.79 Å². The van der Waals surface area contributed by atoms with Gasteiger partial charge in [-0.25, -0.2) is 0 Å². The average Bonchev–Trinajstić information content (AvgIpc) is 3.21. The molecule has 2 aromatic rings. The Morgan fingerprint density at radius 2 is 1.52 bits per heavy atom. The van der Waals surface area contributed by atoms with Gasteiger partial charge in [0, 0.05) is 6.54 Å². The van der Waals surface area contributed by atoms with E-state index in [1.807, 2.05) is 12.1 Å². The fraction of sp³-hybridized carbons (Fsp3) is 0.350. The molecule has 2 aliphatic heterocycles. The van der Waals surface area contributed by atoms with Crippen LogP contribution in [0.15, 0.2) is 60.7 Å². The van der Waals surface area contributed by atoms with Crippen LogP contribution in [0.3, 0.4) is 0 Å². The van der Waals surface area contributed by atoms with Crippen LogP contribution >= 0.6 is 0 Å². The summed E-state index contributed by atoms with van der Waals surface area (Å²) in [7, 11) is 0. The molecule has 0 aromatic heterocycles. The molecule has 3 heteroatoms. The predicted molar refractivity (Wildman–Crippen MR) is 91.0 cm³/mol. The lowest BCUT2D eigenvalue weighted by molar-refractivity contribution is -0.134. The average molecular weight is 306 g/mol. The molecular formula is C20H22N2O. The molecule has 0 aliphatic carbocycles. The maximum Gasteiger partial charge on any atom is 0.243 e. The zero-order chi connectivity index (χ0) is 15.7. The molecule has 0 unspecified atom stereocenters. The Kier molecular flexibility index (Phi) is 3.66. The summed E-state index contributed by atoms with van der Waals surface area (Å²) in [5.41, 5.74) is 2.06. The fourth-order valence-electron chi connectivity index (χ4n) is 4.07.